The number of hydrogen-bond acceptors (Lipinski definition) is 2. The molecule has 0 saturated carbocycles. The minimum Gasteiger partial charge on any atom is -0.508 e. The van der Waals surface area contributed by atoms with E-state index in [-0.39, 0.29) is 0 Å². The fourth-order valence-electron chi connectivity index (χ4n) is 3.55. The second-order valence-electron chi connectivity index (χ2n) is 6.48. The Morgan fingerprint density at radius 1 is 1.20 bits per heavy atom. The van der Waals surface area contributed by atoms with Gasteiger partial charge in [-0.1, -0.05) is 44.4 Å². The molecule has 1 saturated heterocycles. The SMILES string of the molecule is CCC1(CC)CCN(C(C)c2cc(C)ccc2O)CC1. The summed E-state index contributed by atoms with van der Waals surface area (Å²) in [4.78, 5) is 2.53. The van der Waals surface area contributed by atoms with Crippen LogP contribution in [0.2, 0.25) is 0 Å². The lowest BCUT2D eigenvalue weighted by molar-refractivity contribution is 0.0703. The third-order valence-electron chi connectivity index (χ3n) is 5.54. The van der Waals surface area contributed by atoms with E-state index in [1.165, 1.54) is 31.2 Å². The van der Waals surface area contributed by atoms with E-state index >= 15 is 0 Å². The maximum absolute atomic E-state index is 10.1. The molecule has 20 heavy (non-hydrogen) atoms. The summed E-state index contributed by atoms with van der Waals surface area (Å²) in [7, 11) is 0. The lowest BCUT2D eigenvalue weighted by Crippen LogP contribution is -2.40. The maximum atomic E-state index is 10.1. The molecule has 0 spiro atoms. The van der Waals surface area contributed by atoms with Gasteiger partial charge in [-0.25, -0.2) is 0 Å². The first-order valence-electron chi connectivity index (χ1n) is 8.05. The topological polar surface area (TPSA) is 23.5 Å². The molecule has 1 aromatic rings. The lowest BCUT2D eigenvalue weighted by Gasteiger charge is -2.43. The Morgan fingerprint density at radius 2 is 1.80 bits per heavy atom. The van der Waals surface area contributed by atoms with E-state index in [2.05, 4.69) is 38.7 Å². The van der Waals surface area contributed by atoms with Crippen LogP contribution in [0.15, 0.2) is 18.2 Å². The molecule has 1 atom stereocenters. The molecule has 1 aliphatic rings. The molecule has 1 aromatic carbocycles. The fourth-order valence-corrected chi connectivity index (χ4v) is 3.55. The number of aryl methyl sites for hydroxylation is 1. The zero-order valence-electron chi connectivity index (χ0n) is 13.4. The van der Waals surface area contributed by atoms with E-state index < -0.39 is 0 Å². The molecule has 1 N–H and O–H groups in total. The summed E-state index contributed by atoms with van der Waals surface area (Å²) < 4.78 is 0. The number of likely N-dealkylation sites (tertiary alicyclic amines) is 1. The van der Waals surface area contributed by atoms with Gasteiger partial charge in [0.25, 0.3) is 0 Å². The van der Waals surface area contributed by atoms with Gasteiger partial charge in [-0.15, -0.1) is 0 Å². The molecule has 1 fully saturated rings. The van der Waals surface area contributed by atoms with Crippen LogP contribution in [0, 0.1) is 12.3 Å². The molecule has 0 amide bonds. The van der Waals surface area contributed by atoms with Crippen molar-refractivity contribution in [2.75, 3.05) is 13.1 Å². The van der Waals surface area contributed by atoms with Crippen molar-refractivity contribution in [2.45, 2.75) is 59.4 Å². The average Bonchev–Trinajstić information content (AvgIpc) is 2.49. The lowest BCUT2D eigenvalue weighted by atomic mass is 9.74. The van der Waals surface area contributed by atoms with Crippen molar-refractivity contribution in [2.24, 2.45) is 5.41 Å². The van der Waals surface area contributed by atoms with Gasteiger partial charge in [0, 0.05) is 11.6 Å². The summed E-state index contributed by atoms with van der Waals surface area (Å²) >= 11 is 0. The predicted molar refractivity (Wildman–Crippen MR) is 85.1 cm³/mol. The number of hydrogen-bond donors (Lipinski definition) is 1. The summed E-state index contributed by atoms with van der Waals surface area (Å²) in [5, 5.41) is 10.1. The zero-order chi connectivity index (χ0) is 14.8. The standard InChI is InChI=1S/C18H29NO/c1-5-18(6-2)9-11-19(12-10-18)15(4)16-13-14(3)7-8-17(16)20/h7-8,13,15,20H,5-6,9-12H2,1-4H3. The molecule has 112 valence electrons. The number of piperidine rings is 1. The second kappa shape index (κ2) is 6.17. The number of benzene rings is 1. The number of aromatic hydroxyl groups is 1. The Hall–Kier alpha value is -1.02. The van der Waals surface area contributed by atoms with Crippen LogP contribution in [0.3, 0.4) is 0 Å². The summed E-state index contributed by atoms with van der Waals surface area (Å²) in [5.74, 6) is 0.436. The van der Waals surface area contributed by atoms with Crippen LogP contribution < -0.4 is 0 Å². The highest BCUT2D eigenvalue weighted by Crippen LogP contribution is 2.40. The Bertz CT molecular complexity index is 441. The molecule has 2 heteroatoms. The Morgan fingerprint density at radius 3 is 2.35 bits per heavy atom. The Balaban J connectivity index is 2.08. The highest BCUT2D eigenvalue weighted by atomic mass is 16.3. The van der Waals surface area contributed by atoms with Gasteiger partial charge in [-0.05, 0) is 51.3 Å². The van der Waals surface area contributed by atoms with E-state index in [1.54, 1.807) is 0 Å². The van der Waals surface area contributed by atoms with E-state index in [9.17, 15) is 5.11 Å². The van der Waals surface area contributed by atoms with Crippen molar-refractivity contribution in [1.82, 2.24) is 4.90 Å². The van der Waals surface area contributed by atoms with E-state index in [4.69, 9.17) is 0 Å². The monoisotopic (exact) mass is 275 g/mol. The van der Waals surface area contributed by atoms with E-state index in [1.807, 2.05) is 12.1 Å². The van der Waals surface area contributed by atoms with Crippen molar-refractivity contribution in [3.05, 3.63) is 29.3 Å². The van der Waals surface area contributed by atoms with Gasteiger partial charge >= 0.3 is 0 Å². The maximum Gasteiger partial charge on any atom is 0.120 e. The molecule has 2 rings (SSSR count). The van der Waals surface area contributed by atoms with E-state index in [0.29, 0.717) is 17.2 Å². The van der Waals surface area contributed by atoms with Gasteiger partial charge < -0.3 is 5.11 Å². The van der Waals surface area contributed by atoms with Crippen molar-refractivity contribution < 1.29 is 5.11 Å². The van der Waals surface area contributed by atoms with Gasteiger partial charge in [0.15, 0.2) is 0 Å². The minimum absolute atomic E-state index is 0.307. The van der Waals surface area contributed by atoms with Crippen molar-refractivity contribution in [1.29, 1.82) is 0 Å². The predicted octanol–water partition coefficient (Wildman–Crippen LogP) is 4.66. The summed E-state index contributed by atoms with van der Waals surface area (Å²) in [6.45, 7) is 11.3. The van der Waals surface area contributed by atoms with Gasteiger partial charge in [-0.3, -0.25) is 4.90 Å². The number of rotatable bonds is 4. The Kier molecular flexibility index (Phi) is 4.74. The van der Waals surface area contributed by atoms with Crippen molar-refractivity contribution in [3.8, 4) is 5.75 Å². The summed E-state index contributed by atoms with van der Waals surface area (Å²) in [6, 6.07) is 6.23. The number of nitrogens with zero attached hydrogens (tertiary/aromatic N) is 1. The quantitative estimate of drug-likeness (QED) is 0.863. The normalized spacial score (nSPS) is 20.8. The molecule has 1 unspecified atom stereocenters. The molecule has 1 aliphatic heterocycles. The van der Waals surface area contributed by atoms with Crippen LogP contribution in [-0.4, -0.2) is 23.1 Å². The van der Waals surface area contributed by atoms with Crippen molar-refractivity contribution >= 4 is 0 Å². The molecule has 2 nitrogen and oxygen atoms in total. The van der Waals surface area contributed by atoms with Gasteiger partial charge in [0.1, 0.15) is 5.75 Å². The first kappa shape index (κ1) is 15.4. The van der Waals surface area contributed by atoms with Crippen molar-refractivity contribution in [3.63, 3.8) is 0 Å². The number of phenolic OH excluding ortho intramolecular Hbond substituents is 1. The van der Waals surface area contributed by atoms with Crippen LogP contribution in [-0.2, 0) is 0 Å². The molecule has 0 aromatic heterocycles. The Labute approximate surface area is 123 Å². The molecule has 0 bridgehead atoms. The molecule has 1 heterocycles. The highest BCUT2D eigenvalue weighted by molar-refractivity contribution is 5.37. The first-order chi connectivity index (χ1) is 9.51. The third-order valence-corrected chi connectivity index (χ3v) is 5.54. The summed E-state index contributed by atoms with van der Waals surface area (Å²) in [6.07, 6.45) is 5.16. The van der Waals surface area contributed by atoms with Crippen LogP contribution in [0.5, 0.6) is 5.75 Å². The largest absolute Gasteiger partial charge is 0.508 e. The second-order valence-corrected chi connectivity index (χ2v) is 6.48. The molecular formula is C18H29NO. The smallest absolute Gasteiger partial charge is 0.120 e. The van der Waals surface area contributed by atoms with Gasteiger partial charge in [-0.2, -0.15) is 0 Å². The van der Waals surface area contributed by atoms with Gasteiger partial charge in [0.05, 0.1) is 0 Å². The molecule has 0 radical (unpaired) electrons. The van der Waals surface area contributed by atoms with Crippen LogP contribution >= 0.6 is 0 Å². The minimum atomic E-state index is 0.307. The zero-order valence-corrected chi connectivity index (χ0v) is 13.4. The van der Waals surface area contributed by atoms with Gasteiger partial charge in [0.2, 0.25) is 0 Å². The molecule has 0 aliphatic carbocycles. The van der Waals surface area contributed by atoms with E-state index in [0.717, 1.165) is 18.7 Å². The first-order valence-corrected chi connectivity index (χ1v) is 8.05. The van der Waals surface area contributed by atoms with Crippen LogP contribution in [0.4, 0.5) is 0 Å². The van der Waals surface area contributed by atoms with Crippen LogP contribution in [0.1, 0.15) is 63.6 Å². The van der Waals surface area contributed by atoms with Crippen LogP contribution in [0.25, 0.3) is 0 Å². The third kappa shape index (κ3) is 3.01. The molecular weight excluding hydrogens is 246 g/mol. The fraction of sp³-hybridized carbons (Fsp3) is 0.667. The number of phenols is 1. The average molecular weight is 275 g/mol. The summed E-state index contributed by atoms with van der Waals surface area (Å²) in [5.41, 5.74) is 2.86. The highest BCUT2D eigenvalue weighted by Gasteiger charge is 2.33.